The van der Waals surface area contributed by atoms with Crippen molar-refractivity contribution in [2.75, 3.05) is 22.4 Å². The van der Waals surface area contributed by atoms with Gasteiger partial charge in [0.2, 0.25) is 10.0 Å². The van der Waals surface area contributed by atoms with Crippen molar-refractivity contribution in [3.05, 3.63) is 59.9 Å². The fourth-order valence-corrected chi connectivity index (χ4v) is 2.76. The lowest BCUT2D eigenvalue weighted by Gasteiger charge is -2.19. The Morgan fingerprint density at radius 2 is 1.83 bits per heavy atom. The standard InChI is InChI=1S/C16H17FN2O3S/c1-3-23(21,22)19(2)15-6-4-5-12(11-15)16(20)18-14-9-7-13(17)8-10-14/h4-11H,3H2,1-2H3,(H,18,20). The van der Waals surface area contributed by atoms with Gasteiger partial charge in [-0.2, -0.15) is 0 Å². The summed E-state index contributed by atoms with van der Waals surface area (Å²) in [5.74, 6) is -0.827. The number of carbonyl (C=O) groups is 1. The second kappa shape index (κ2) is 6.78. The van der Waals surface area contributed by atoms with Crippen LogP contribution in [0.5, 0.6) is 0 Å². The zero-order valence-corrected chi connectivity index (χ0v) is 13.6. The summed E-state index contributed by atoms with van der Waals surface area (Å²) >= 11 is 0. The Balaban J connectivity index is 2.22. The maximum atomic E-state index is 12.9. The van der Waals surface area contributed by atoms with E-state index in [1.165, 1.54) is 37.4 Å². The maximum Gasteiger partial charge on any atom is 0.255 e. The van der Waals surface area contributed by atoms with Crippen molar-refractivity contribution in [1.82, 2.24) is 0 Å². The van der Waals surface area contributed by atoms with Crippen LogP contribution >= 0.6 is 0 Å². The highest BCUT2D eigenvalue weighted by Crippen LogP contribution is 2.19. The van der Waals surface area contributed by atoms with Crippen molar-refractivity contribution in [3.63, 3.8) is 0 Å². The van der Waals surface area contributed by atoms with Gasteiger partial charge in [-0.3, -0.25) is 9.10 Å². The number of hydrogen-bond donors (Lipinski definition) is 1. The van der Waals surface area contributed by atoms with Crippen molar-refractivity contribution in [2.24, 2.45) is 0 Å². The van der Waals surface area contributed by atoms with Crippen LogP contribution in [-0.4, -0.2) is 27.1 Å². The van der Waals surface area contributed by atoms with Crippen LogP contribution in [0.2, 0.25) is 0 Å². The average Bonchev–Trinajstić information content (AvgIpc) is 2.56. The van der Waals surface area contributed by atoms with Gasteiger partial charge in [0.25, 0.3) is 5.91 Å². The maximum absolute atomic E-state index is 12.9. The van der Waals surface area contributed by atoms with Gasteiger partial charge in [-0.25, -0.2) is 12.8 Å². The van der Waals surface area contributed by atoms with E-state index >= 15 is 0 Å². The lowest BCUT2D eigenvalue weighted by molar-refractivity contribution is 0.102. The summed E-state index contributed by atoms with van der Waals surface area (Å²) in [6.07, 6.45) is 0. The minimum Gasteiger partial charge on any atom is -0.322 e. The molecule has 0 spiro atoms. The monoisotopic (exact) mass is 336 g/mol. The molecule has 0 fully saturated rings. The zero-order chi connectivity index (χ0) is 17.0. The van der Waals surface area contributed by atoms with Crippen LogP contribution in [0.4, 0.5) is 15.8 Å². The summed E-state index contributed by atoms with van der Waals surface area (Å²) in [6.45, 7) is 1.55. The Bertz CT molecular complexity index is 804. The van der Waals surface area contributed by atoms with Crippen molar-refractivity contribution >= 4 is 27.3 Å². The Morgan fingerprint density at radius 1 is 1.17 bits per heavy atom. The molecule has 2 aromatic rings. The normalized spacial score (nSPS) is 11.1. The summed E-state index contributed by atoms with van der Waals surface area (Å²) in [4.78, 5) is 12.2. The molecule has 0 unspecified atom stereocenters. The van der Waals surface area contributed by atoms with Gasteiger partial charge >= 0.3 is 0 Å². The molecule has 0 aromatic heterocycles. The molecule has 5 nitrogen and oxygen atoms in total. The van der Waals surface area contributed by atoms with E-state index < -0.39 is 21.7 Å². The second-order valence-electron chi connectivity index (χ2n) is 4.88. The van der Waals surface area contributed by atoms with Crippen LogP contribution in [0.25, 0.3) is 0 Å². The summed E-state index contributed by atoms with van der Waals surface area (Å²) < 4.78 is 37.8. The summed E-state index contributed by atoms with van der Waals surface area (Å²) in [7, 11) is -1.96. The number of sulfonamides is 1. The quantitative estimate of drug-likeness (QED) is 0.913. The molecule has 0 saturated carbocycles. The molecule has 7 heteroatoms. The lowest BCUT2D eigenvalue weighted by atomic mass is 10.2. The number of nitrogens with zero attached hydrogens (tertiary/aromatic N) is 1. The molecule has 2 rings (SSSR count). The van der Waals surface area contributed by atoms with E-state index in [9.17, 15) is 17.6 Å². The molecule has 0 saturated heterocycles. The second-order valence-corrected chi connectivity index (χ2v) is 7.17. The van der Waals surface area contributed by atoms with Crippen LogP contribution < -0.4 is 9.62 Å². The molecule has 0 aliphatic rings. The smallest absolute Gasteiger partial charge is 0.255 e. The van der Waals surface area contributed by atoms with E-state index in [1.807, 2.05) is 0 Å². The number of rotatable bonds is 5. The van der Waals surface area contributed by atoms with E-state index in [4.69, 9.17) is 0 Å². The van der Waals surface area contributed by atoms with Gasteiger partial charge in [-0.1, -0.05) is 6.07 Å². The fraction of sp³-hybridized carbons (Fsp3) is 0.188. The molecule has 0 bridgehead atoms. The number of benzene rings is 2. The molecule has 122 valence electrons. The predicted octanol–water partition coefficient (Wildman–Crippen LogP) is 2.86. The third-order valence-electron chi connectivity index (χ3n) is 3.36. The first-order valence-electron chi connectivity index (χ1n) is 6.97. The fourth-order valence-electron chi connectivity index (χ4n) is 1.93. The average molecular weight is 336 g/mol. The number of carbonyl (C=O) groups excluding carboxylic acids is 1. The highest BCUT2D eigenvalue weighted by atomic mass is 32.2. The van der Waals surface area contributed by atoms with E-state index in [0.717, 1.165) is 4.31 Å². The summed E-state index contributed by atoms with van der Waals surface area (Å²) in [5.41, 5.74) is 1.17. The van der Waals surface area contributed by atoms with Gasteiger partial charge in [-0.15, -0.1) is 0 Å². The Kier molecular flexibility index (Phi) is 5.00. The molecular formula is C16H17FN2O3S. The molecule has 0 atom stereocenters. The molecule has 0 radical (unpaired) electrons. The first-order valence-corrected chi connectivity index (χ1v) is 8.58. The van der Waals surface area contributed by atoms with Gasteiger partial charge < -0.3 is 5.32 Å². The van der Waals surface area contributed by atoms with Gasteiger partial charge in [0.05, 0.1) is 11.4 Å². The summed E-state index contributed by atoms with van der Waals surface area (Å²) in [5, 5.41) is 2.63. The van der Waals surface area contributed by atoms with Crippen molar-refractivity contribution in [3.8, 4) is 0 Å². The minimum atomic E-state index is -3.40. The molecule has 1 N–H and O–H groups in total. The van der Waals surface area contributed by atoms with Crippen LogP contribution in [0, 0.1) is 5.82 Å². The molecule has 0 heterocycles. The molecule has 0 aliphatic heterocycles. The van der Waals surface area contributed by atoms with Gasteiger partial charge in [0, 0.05) is 18.3 Å². The van der Waals surface area contributed by atoms with Crippen LogP contribution in [0.1, 0.15) is 17.3 Å². The lowest BCUT2D eigenvalue weighted by Crippen LogP contribution is -2.28. The van der Waals surface area contributed by atoms with E-state index in [0.29, 0.717) is 16.9 Å². The predicted molar refractivity (Wildman–Crippen MR) is 88.7 cm³/mol. The van der Waals surface area contributed by atoms with E-state index in [-0.39, 0.29) is 5.75 Å². The Labute approximate surface area is 134 Å². The van der Waals surface area contributed by atoms with Gasteiger partial charge in [-0.05, 0) is 49.4 Å². The number of nitrogens with one attached hydrogen (secondary N) is 1. The summed E-state index contributed by atoms with van der Waals surface area (Å²) in [6, 6.07) is 11.7. The zero-order valence-electron chi connectivity index (χ0n) is 12.8. The topological polar surface area (TPSA) is 66.5 Å². The minimum absolute atomic E-state index is 0.0322. The van der Waals surface area contributed by atoms with Gasteiger partial charge in [0.1, 0.15) is 5.82 Å². The van der Waals surface area contributed by atoms with Crippen molar-refractivity contribution in [2.45, 2.75) is 6.92 Å². The third-order valence-corrected chi connectivity index (χ3v) is 5.13. The molecule has 1 amide bonds. The molecule has 2 aromatic carbocycles. The highest BCUT2D eigenvalue weighted by molar-refractivity contribution is 7.92. The van der Waals surface area contributed by atoms with Gasteiger partial charge in [0.15, 0.2) is 0 Å². The Morgan fingerprint density at radius 3 is 2.43 bits per heavy atom. The molecule has 0 aliphatic carbocycles. The highest BCUT2D eigenvalue weighted by Gasteiger charge is 2.17. The van der Waals surface area contributed by atoms with E-state index in [2.05, 4.69) is 5.32 Å². The number of hydrogen-bond acceptors (Lipinski definition) is 3. The van der Waals surface area contributed by atoms with E-state index in [1.54, 1.807) is 25.1 Å². The Hall–Kier alpha value is -2.41. The SMILES string of the molecule is CCS(=O)(=O)N(C)c1cccc(C(=O)Nc2ccc(F)cc2)c1. The first kappa shape index (κ1) is 17.0. The van der Waals surface area contributed by atoms with Crippen molar-refractivity contribution in [1.29, 1.82) is 0 Å². The van der Waals surface area contributed by atoms with Crippen LogP contribution in [0.3, 0.4) is 0 Å². The number of halogens is 1. The first-order chi connectivity index (χ1) is 10.8. The number of amides is 1. The van der Waals surface area contributed by atoms with Crippen molar-refractivity contribution < 1.29 is 17.6 Å². The molecular weight excluding hydrogens is 319 g/mol. The largest absolute Gasteiger partial charge is 0.322 e. The third kappa shape index (κ3) is 4.07. The van der Waals surface area contributed by atoms with Crippen LogP contribution in [0.15, 0.2) is 48.5 Å². The van der Waals surface area contributed by atoms with Crippen LogP contribution in [-0.2, 0) is 10.0 Å². The molecule has 23 heavy (non-hydrogen) atoms. The number of anilines is 2.